The zero-order valence-electron chi connectivity index (χ0n) is 8.94. The SMILES string of the molecule is CCc1nc(S(=O)(=O)Cl)c2cc(C)ccn12. The van der Waals surface area contributed by atoms with Gasteiger partial charge in [-0.05, 0) is 24.6 Å². The van der Waals surface area contributed by atoms with Gasteiger partial charge in [0.1, 0.15) is 5.82 Å². The van der Waals surface area contributed by atoms with E-state index in [0.29, 0.717) is 17.8 Å². The molecule has 0 saturated carbocycles. The molecule has 2 heterocycles. The van der Waals surface area contributed by atoms with Crippen molar-refractivity contribution in [1.82, 2.24) is 9.38 Å². The molecule has 16 heavy (non-hydrogen) atoms. The fraction of sp³-hybridized carbons (Fsp3) is 0.300. The zero-order valence-corrected chi connectivity index (χ0v) is 10.5. The van der Waals surface area contributed by atoms with Gasteiger partial charge in [0, 0.05) is 23.3 Å². The summed E-state index contributed by atoms with van der Waals surface area (Å²) in [7, 11) is 1.56. The highest BCUT2D eigenvalue weighted by Crippen LogP contribution is 2.22. The Morgan fingerprint density at radius 3 is 2.75 bits per heavy atom. The number of nitrogens with zero attached hydrogens (tertiary/aromatic N) is 2. The molecule has 0 aliphatic heterocycles. The second kappa shape index (κ2) is 3.75. The molecule has 0 amide bonds. The first-order valence-corrected chi connectivity index (χ1v) is 7.16. The predicted molar refractivity (Wildman–Crippen MR) is 62.3 cm³/mol. The van der Waals surface area contributed by atoms with Crippen LogP contribution in [0.5, 0.6) is 0 Å². The van der Waals surface area contributed by atoms with Gasteiger partial charge >= 0.3 is 0 Å². The van der Waals surface area contributed by atoms with Crippen LogP contribution in [0.2, 0.25) is 0 Å². The Morgan fingerprint density at radius 2 is 2.19 bits per heavy atom. The number of imidazole rings is 1. The third-order valence-corrected chi connectivity index (χ3v) is 3.59. The highest BCUT2D eigenvalue weighted by molar-refractivity contribution is 8.13. The molecule has 0 radical (unpaired) electrons. The molecule has 0 atom stereocenters. The van der Waals surface area contributed by atoms with E-state index in [1.165, 1.54) is 0 Å². The Labute approximate surface area is 98.3 Å². The van der Waals surface area contributed by atoms with Crippen molar-refractivity contribution >= 4 is 25.2 Å². The standard InChI is InChI=1S/C10H11ClN2O2S/c1-3-9-12-10(16(11,14)15)8-6-7(2)4-5-13(8)9/h4-6H,3H2,1-2H3. The summed E-state index contributed by atoms with van der Waals surface area (Å²) in [5.41, 5.74) is 1.50. The fourth-order valence-electron chi connectivity index (χ4n) is 1.65. The summed E-state index contributed by atoms with van der Waals surface area (Å²) in [5, 5.41) is -0.0604. The largest absolute Gasteiger partial charge is 0.302 e. The third-order valence-electron chi connectivity index (χ3n) is 2.39. The van der Waals surface area contributed by atoms with Gasteiger partial charge < -0.3 is 4.40 Å². The number of hydrogen-bond acceptors (Lipinski definition) is 3. The van der Waals surface area contributed by atoms with Crippen molar-refractivity contribution in [1.29, 1.82) is 0 Å². The highest BCUT2D eigenvalue weighted by atomic mass is 35.7. The van der Waals surface area contributed by atoms with E-state index in [1.54, 1.807) is 10.5 Å². The molecule has 0 bridgehead atoms. The van der Waals surface area contributed by atoms with E-state index in [-0.39, 0.29) is 5.03 Å². The van der Waals surface area contributed by atoms with E-state index in [9.17, 15) is 8.42 Å². The van der Waals surface area contributed by atoms with Crippen LogP contribution in [0, 0.1) is 6.92 Å². The minimum absolute atomic E-state index is 0.0604. The molecule has 0 spiro atoms. The van der Waals surface area contributed by atoms with Crippen molar-refractivity contribution in [3.05, 3.63) is 29.7 Å². The topological polar surface area (TPSA) is 51.4 Å². The van der Waals surface area contributed by atoms with Gasteiger partial charge in [0.2, 0.25) is 0 Å². The Morgan fingerprint density at radius 1 is 1.50 bits per heavy atom. The van der Waals surface area contributed by atoms with Gasteiger partial charge in [-0.15, -0.1) is 0 Å². The molecular formula is C10H11ClN2O2S. The maximum Gasteiger partial charge on any atom is 0.280 e. The first kappa shape index (κ1) is 11.4. The van der Waals surface area contributed by atoms with E-state index in [2.05, 4.69) is 4.98 Å². The Bertz CT molecular complexity index is 646. The number of fused-ring (bicyclic) bond motifs is 1. The predicted octanol–water partition coefficient (Wildman–Crippen LogP) is 2.13. The summed E-state index contributed by atoms with van der Waals surface area (Å²) >= 11 is 0. The minimum Gasteiger partial charge on any atom is -0.302 e. The van der Waals surface area contributed by atoms with E-state index in [4.69, 9.17) is 10.7 Å². The normalized spacial score (nSPS) is 12.2. The van der Waals surface area contributed by atoms with E-state index < -0.39 is 9.05 Å². The molecule has 0 fully saturated rings. The van der Waals surface area contributed by atoms with Crippen molar-refractivity contribution in [2.24, 2.45) is 0 Å². The van der Waals surface area contributed by atoms with Crippen LogP contribution in [0.1, 0.15) is 18.3 Å². The highest BCUT2D eigenvalue weighted by Gasteiger charge is 2.20. The molecule has 4 nitrogen and oxygen atoms in total. The van der Waals surface area contributed by atoms with Crippen LogP contribution < -0.4 is 0 Å². The van der Waals surface area contributed by atoms with Crippen LogP contribution in [0.3, 0.4) is 0 Å². The average Bonchev–Trinajstić information content (AvgIpc) is 2.54. The fourth-order valence-corrected chi connectivity index (χ4v) is 2.61. The van der Waals surface area contributed by atoms with E-state index in [1.807, 2.05) is 26.1 Å². The minimum atomic E-state index is -3.80. The van der Waals surface area contributed by atoms with Gasteiger partial charge in [0.15, 0.2) is 5.03 Å². The van der Waals surface area contributed by atoms with Crippen LogP contribution >= 0.6 is 10.7 Å². The molecule has 86 valence electrons. The molecule has 2 aromatic rings. The number of hydrogen-bond donors (Lipinski definition) is 0. The molecule has 0 aromatic carbocycles. The zero-order chi connectivity index (χ0) is 11.9. The molecular weight excluding hydrogens is 248 g/mol. The summed E-state index contributed by atoms with van der Waals surface area (Å²) in [5.74, 6) is 0.689. The second-order valence-corrected chi connectivity index (χ2v) is 6.07. The van der Waals surface area contributed by atoms with Crippen LogP contribution in [0.15, 0.2) is 23.4 Å². The molecule has 0 saturated heterocycles. The van der Waals surface area contributed by atoms with Crippen LogP contribution in [-0.2, 0) is 15.5 Å². The molecule has 0 aliphatic rings. The van der Waals surface area contributed by atoms with Gasteiger partial charge in [-0.1, -0.05) is 6.92 Å². The van der Waals surface area contributed by atoms with Gasteiger partial charge in [0.25, 0.3) is 9.05 Å². The van der Waals surface area contributed by atoms with Gasteiger partial charge in [-0.25, -0.2) is 13.4 Å². The lowest BCUT2D eigenvalue weighted by atomic mass is 10.3. The summed E-state index contributed by atoms with van der Waals surface area (Å²) < 4.78 is 24.5. The molecule has 2 rings (SSSR count). The third kappa shape index (κ3) is 1.81. The summed E-state index contributed by atoms with van der Waals surface area (Å²) in [4.78, 5) is 4.06. The first-order valence-electron chi connectivity index (χ1n) is 4.85. The Balaban J connectivity index is 2.90. The monoisotopic (exact) mass is 258 g/mol. The van der Waals surface area contributed by atoms with E-state index in [0.717, 1.165) is 5.56 Å². The summed E-state index contributed by atoms with van der Waals surface area (Å²) in [6.07, 6.45) is 2.46. The van der Waals surface area contributed by atoms with Crippen molar-refractivity contribution in [3.8, 4) is 0 Å². The molecule has 0 aliphatic carbocycles. The number of aryl methyl sites for hydroxylation is 2. The van der Waals surface area contributed by atoms with Crippen molar-refractivity contribution in [2.45, 2.75) is 25.3 Å². The van der Waals surface area contributed by atoms with E-state index >= 15 is 0 Å². The van der Waals surface area contributed by atoms with Gasteiger partial charge in [-0.3, -0.25) is 0 Å². The lowest BCUT2D eigenvalue weighted by Gasteiger charge is -1.99. The molecule has 0 N–H and O–H groups in total. The second-order valence-electron chi connectivity index (χ2n) is 3.58. The maximum atomic E-state index is 11.4. The Hall–Kier alpha value is -1.07. The molecule has 0 unspecified atom stereocenters. The molecule has 6 heteroatoms. The smallest absolute Gasteiger partial charge is 0.280 e. The number of halogens is 1. The van der Waals surface area contributed by atoms with Gasteiger partial charge in [0.05, 0.1) is 5.52 Å². The first-order chi connectivity index (χ1) is 7.43. The number of rotatable bonds is 2. The Kier molecular flexibility index (Phi) is 2.67. The lowest BCUT2D eigenvalue weighted by Crippen LogP contribution is -1.92. The quantitative estimate of drug-likeness (QED) is 0.776. The van der Waals surface area contributed by atoms with Gasteiger partial charge in [-0.2, -0.15) is 0 Å². The summed E-state index contributed by atoms with van der Waals surface area (Å²) in [6.45, 7) is 3.81. The van der Waals surface area contributed by atoms with Crippen molar-refractivity contribution in [2.75, 3.05) is 0 Å². The maximum absolute atomic E-state index is 11.4. The lowest BCUT2D eigenvalue weighted by molar-refractivity contribution is 0.607. The van der Waals surface area contributed by atoms with Crippen molar-refractivity contribution in [3.63, 3.8) is 0 Å². The van der Waals surface area contributed by atoms with Crippen LogP contribution in [0.4, 0.5) is 0 Å². The van der Waals surface area contributed by atoms with Crippen LogP contribution in [0.25, 0.3) is 5.52 Å². The average molecular weight is 259 g/mol. The van der Waals surface area contributed by atoms with Crippen LogP contribution in [-0.4, -0.2) is 17.8 Å². The molecule has 2 aromatic heterocycles. The number of pyridine rings is 1. The number of aromatic nitrogens is 2. The summed E-state index contributed by atoms with van der Waals surface area (Å²) in [6, 6.07) is 3.67. The van der Waals surface area contributed by atoms with Crippen molar-refractivity contribution < 1.29 is 8.42 Å².